The lowest BCUT2D eigenvalue weighted by Gasteiger charge is -2.41. The van der Waals surface area contributed by atoms with E-state index >= 15 is 0 Å². The van der Waals surface area contributed by atoms with Crippen LogP contribution in [0.25, 0.3) is 0 Å². The van der Waals surface area contributed by atoms with Crippen LogP contribution < -0.4 is 17.0 Å². The van der Waals surface area contributed by atoms with E-state index in [1.807, 2.05) is 4.98 Å². The van der Waals surface area contributed by atoms with E-state index in [-0.39, 0.29) is 6.42 Å². The van der Waals surface area contributed by atoms with Gasteiger partial charge in [-0.3, -0.25) is 18.9 Å². The minimum absolute atomic E-state index is 0.0562. The molecular formula is C18H31N3O16P2S. The molecular weight excluding hydrogens is 608 g/mol. The van der Waals surface area contributed by atoms with Crippen molar-refractivity contribution in [2.75, 3.05) is 13.2 Å². The molecule has 3 rings (SSSR count). The number of phosphoric ester groups is 1. The molecule has 3 heterocycles. The van der Waals surface area contributed by atoms with Gasteiger partial charge >= 0.3 is 20.2 Å². The van der Waals surface area contributed by atoms with E-state index in [1.165, 1.54) is 0 Å². The Morgan fingerprint density at radius 2 is 1.85 bits per heavy atom. The van der Waals surface area contributed by atoms with E-state index in [4.69, 9.17) is 36.6 Å². The Morgan fingerprint density at radius 1 is 1.20 bits per heavy atom. The van der Waals surface area contributed by atoms with Crippen LogP contribution in [0, 0.1) is 0 Å². The van der Waals surface area contributed by atoms with Gasteiger partial charge in [0.25, 0.3) is 5.56 Å². The van der Waals surface area contributed by atoms with Gasteiger partial charge in [0.2, 0.25) is 0 Å². The first-order valence-corrected chi connectivity index (χ1v) is 15.7. The van der Waals surface area contributed by atoms with Crippen LogP contribution in [-0.2, 0) is 39.2 Å². The minimum Gasteiger partial charge on any atom is -0.394 e. The van der Waals surface area contributed by atoms with Crippen molar-refractivity contribution >= 4 is 26.3 Å². The van der Waals surface area contributed by atoms with Crippen LogP contribution in [0.1, 0.15) is 19.6 Å². The first kappa shape index (κ1) is 33.5. The maximum atomic E-state index is 12.5. The molecule has 2 aliphatic rings. The van der Waals surface area contributed by atoms with E-state index in [1.54, 1.807) is 6.92 Å². The number of nitrogens with zero attached hydrogens (tertiary/aromatic N) is 1. The maximum Gasteiger partial charge on any atom is 0.481 e. The van der Waals surface area contributed by atoms with Gasteiger partial charge in [-0.15, -0.1) is 0 Å². The van der Waals surface area contributed by atoms with E-state index in [0.29, 0.717) is 0 Å². The monoisotopic (exact) mass is 639 g/mol. The lowest BCUT2D eigenvalue weighted by Crippen LogP contribution is -2.61. The van der Waals surface area contributed by atoms with Gasteiger partial charge < -0.3 is 60.2 Å². The predicted molar refractivity (Wildman–Crippen MR) is 133 cm³/mol. The molecule has 0 bridgehead atoms. The number of aromatic amines is 1. The highest BCUT2D eigenvalue weighted by Crippen LogP contribution is 2.62. The van der Waals surface area contributed by atoms with Crippen LogP contribution in [0.4, 0.5) is 0 Å². The number of aliphatic hydroxyl groups is 6. The van der Waals surface area contributed by atoms with Gasteiger partial charge in [0, 0.05) is 12.3 Å². The summed E-state index contributed by atoms with van der Waals surface area (Å²) in [5.74, 6) is 0. The molecule has 2 saturated heterocycles. The smallest absolute Gasteiger partial charge is 0.394 e. The van der Waals surface area contributed by atoms with Gasteiger partial charge in [-0.25, -0.2) is 13.7 Å². The Hall–Kier alpha value is -1.00. The second-order valence-corrected chi connectivity index (χ2v) is 13.4. The van der Waals surface area contributed by atoms with Crippen molar-refractivity contribution in [1.29, 1.82) is 0 Å². The van der Waals surface area contributed by atoms with Gasteiger partial charge in [-0.05, 0) is 18.2 Å². The fraction of sp³-hybridized carbons (Fsp3) is 0.778. The lowest BCUT2D eigenvalue weighted by atomic mass is 9.88. The van der Waals surface area contributed by atoms with Gasteiger partial charge in [0.15, 0.2) is 12.5 Å². The molecule has 12 atom stereocenters. The topological polar surface area (TPSA) is 306 Å². The van der Waals surface area contributed by atoms with Crippen LogP contribution in [0.3, 0.4) is 0 Å². The van der Waals surface area contributed by atoms with E-state index in [9.17, 15) is 49.5 Å². The molecule has 19 nitrogen and oxygen atoms in total. The van der Waals surface area contributed by atoms with Crippen LogP contribution in [0.2, 0.25) is 0 Å². The fourth-order valence-corrected chi connectivity index (χ4v) is 7.26. The summed E-state index contributed by atoms with van der Waals surface area (Å²) < 4.78 is 38.2. The van der Waals surface area contributed by atoms with Gasteiger partial charge in [0.1, 0.15) is 42.7 Å². The molecule has 11 N–H and O–H groups in total. The Labute approximate surface area is 230 Å². The Balaban J connectivity index is 1.68. The number of H-pyrrole nitrogens is 1. The molecule has 0 spiro atoms. The van der Waals surface area contributed by atoms with Crippen molar-refractivity contribution in [1.82, 2.24) is 9.55 Å². The molecule has 0 radical (unpaired) electrons. The Morgan fingerprint density at radius 3 is 2.42 bits per heavy atom. The second kappa shape index (κ2) is 12.7. The summed E-state index contributed by atoms with van der Waals surface area (Å²) in [5.41, 5.74) is 3.12. The normalized spacial score (nSPS) is 38.5. The van der Waals surface area contributed by atoms with Crippen molar-refractivity contribution in [2.45, 2.75) is 74.1 Å². The fourth-order valence-electron chi connectivity index (χ4n) is 4.16. The van der Waals surface area contributed by atoms with Crippen LogP contribution >= 0.6 is 14.5 Å². The largest absolute Gasteiger partial charge is 0.481 e. The van der Waals surface area contributed by atoms with Gasteiger partial charge in [-0.1, -0.05) is 6.92 Å². The molecule has 2 fully saturated rings. The number of phosphoric acid groups is 1. The van der Waals surface area contributed by atoms with Crippen molar-refractivity contribution in [3.05, 3.63) is 33.1 Å². The highest BCUT2D eigenvalue weighted by atomic mass is 32.5. The molecule has 0 saturated carbocycles. The summed E-state index contributed by atoms with van der Waals surface area (Å²) >= 11 is 4.71. The quantitative estimate of drug-likeness (QED) is 0.102. The van der Waals surface area contributed by atoms with Crippen molar-refractivity contribution in [3.8, 4) is 0 Å². The number of aromatic nitrogens is 2. The number of rotatable bonds is 11. The Bertz CT molecular complexity index is 1250. The summed E-state index contributed by atoms with van der Waals surface area (Å²) in [7, 11) is -5.47. The first-order chi connectivity index (χ1) is 18.5. The van der Waals surface area contributed by atoms with Crippen molar-refractivity contribution in [3.63, 3.8) is 0 Å². The standard InChI is InChI=1S/C18H31N3O16P2S/c1-2-18(19)14(28)8(34-16(18)21-4-3-9(24)20-17(21)29)6-33-39(32,40)37-38(30,31)36-15-12(27)10(25)11(26)13(35-15)7(23)5-22/h3-4,7-8,10-16,22-23,25-28H,2,5-6,19H2,1H3,(H,30,31)(H,32,40)(H,20,24,29)/t7-,8+,10?,11?,12?,13?,14+,15?,16+,18+,39?/m0/s1. The number of nitrogens with one attached hydrogen (secondary N) is 1. The van der Waals surface area contributed by atoms with Crippen LogP contribution in [-0.4, -0.2) is 118 Å². The zero-order chi connectivity index (χ0) is 30.2. The van der Waals surface area contributed by atoms with Gasteiger partial charge in [0.05, 0.1) is 18.8 Å². The number of nitrogens with two attached hydrogens (primary N) is 1. The predicted octanol–water partition coefficient (Wildman–Crippen LogP) is -4.57. The summed E-state index contributed by atoms with van der Waals surface area (Å²) in [6.45, 7) is -4.84. The lowest BCUT2D eigenvalue weighted by molar-refractivity contribution is -0.292. The average Bonchev–Trinajstić information content (AvgIpc) is 3.12. The first-order valence-electron chi connectivity index (χ1n) is 11.6. The third kappa shape index (κ3) is 7.13. The van der Waals surface area contributed by atoms with Crippen LogP contribution in [0.5, 0.6) is 0 Å². The molecule has 40 heavy (non-hydrogen) atoms. The van der Waals surface area contributed by atoms with Crippen LogP contribution in [0.15, 0.2) is 21.9 Å². The molecule has 2 aliphatic heterocycles. The number of ether oxygens (including phenoxy) is 2. The Kier molecular flexibility index (Phi) is 10.6. The molecule has 1 aromatic heterocycles. The van der Waals surface area contributed by atoms with Crippen molar-refractivity contribution in [2.24, 2.45) is 5.73 Å². The highest BCUT2D eigenvalue weighted by Gasteiger charge is 2.55. The van der Waals surface area contributed by atoms with E-state index in [0.717, 1.165) is 16.8 Å². The summed E-state index contributed by atoms with van der Waals surface area (Å²) in [6.07, 6.45) is -15.0. The molecule has 22 heteroatoms. The highest BCUT2D eigenvalue weighted by molar-refractivity contribution is 8.08. The van der Waals surface area contributed by atoms with E-state index in [2.05, 4.69) is 8.83 Å². The summed E-state index contributed by atoms with van der Waals surface area (Å²) in [5, 5.41) is 59.5. The number of aliphatic hydroxyl groups excluding tert-OH is 6. The molecule has 1 aromatic rings. The van der Waals surface area contributed by atoms with E-state index < -0.39 is 99.8 Å². The third-order valence-electron chi connectivity index (χ3n) is 6.40. The molecule has 230 valence electrons. The minimum atomic E-state index is -5.47. The SMILES string of the molecule is CC[C@@]1(N)[C@H](O)[C@@H](COP(O)(=S)OP(=O)(O)OC2OC([C@@H](O)CO)C(O)C(O)C2O)O[C@H]1n1ccc(=O)[nH]c1=O. The third-order valence-corrected chi connectivity index (χ3v) is 9.92. The maximum absolute atomic E-state index is 12.5. The summed E-state index contributed by atoms with van der Waals surface area (Å²) in [4.78, 5) is 46.1. The molecule has 7 unspecified atom stereocenters. The average molecular weight is 639 g/mol. The molecule has 0 aromatic carbocycles. The zero-order valence-electron chi connectivity index (χ0n) is 20.6. The van der Waals surface area contributed by atoms with Gasteiger partial charge in [-0.2, -0.15) is 0 Å². The zero-order valence-corrected chi connectivity index (χ0v) is 23.2. The molecule has 0 aliphatic carbocycles. The summed E-state index contributed by atoms with van der Waals surface area (Å²) in [6, 6.07) is 1.02. The van der Waals surface area contributed by atoms with Crippen molar-refractivity contribution < 1.29 is 67.8 Å². The number of hydrogen-bond donors (Lipinski definition) is 10. The molecule has 0 amide bonds. The number of hydrogen-bond acceptors (Lipinski definition) is 16. The second-order valence-electron chi connectivity index (χ2n) is 9.07.